The molecule has 2 aromatic rings. The van der Waals surface area contributed by atoms with Gasteiger partial charge in [-0.15, -0.1) is 0 Å². The van der Waals surface area contributed by atoms with Crippen LogP contribution in [0.4, 0.5) is 5.69 Å². The van der Waals surface area contributed by atoms with Crippen molar-refractivity contribution in [2.45, 2.75) is 20.4 Å². The number of anilines is 1. The van der Waals surface area contributed by atoms with Crippen LogP contribution in [0.15, 0.2) is 30.3 Å². The average Bonchev–Trinajstić information content (AvgIpc) is 3.13. The van der Waals surface area contributed by atoms with Gasteiger partial charge < -0.3 is 14.0 Å². The van der Waals surface area contributed by atoms with Crippen LogP contribution in [0.1, 0.15) is 32.1 Å². The van der Waals surface area contributed by atoms with Gasteiger partial charge in [-0.1, -0.05) is 12.1 Å². The SMILES string of the molecule is COCCn1c(C)cc(C(=O)COC(=O)CN2C(=O)C(=O)c3ccccc32)c1C. The zero-order valence-corrected chi connectivity index (χ0v) is 16.6. The van der Waals surface area contributed by atoms with Crippen LogP contribution in [0.2, 0.25) is 0 Å². The van der Waals surface area contributed by atoms with E-state index in [1.54, 1.807) is 31.4 Å². The molecule has 3 rings (SSSR count). The van der Waals surface area contributed by atoms with Gasteiger partial charge in [0.25, 0.3) is 11.7 Å². The highest BCUT2D eigenvalue weighted by atomic mass is 16.5. The zero-order valence-electron chi connectivity index (χ0n) is 16.6. The molecule has 0 spiro atoms. The Labute approximate surface area is 168 Å². The molecule has 0 saturated carbocycles. The number of fused-ring (bicyclic) bond motifs is 1. The number of methoxy groups -OCH3 is 1. The van der Waals surface area contributed by atoms with Crippen LogP contribution in [0.25, 0.3) is 0 Å². The number of rotatable bonds is 8. The van der Waals surface area contributed by atoms with Gasteiger partial charge in [0.2, 0.25) is 5.78 Å². The van der Waals surface area contributed by atoms with Gasteiger partial charge in [-0.25, -0.2) is 0 Å². The molecule has 0 atom stereocenters. The van der Waals surface area contributed by atoms with Crippen LogP contribution in [-0.2, 0) is 25.6 Å². The van der Waals surface area contributed by atoms with E-state index in [1.807, 2.05) is 18.4 Å². The standard InChI is InChI=1S/C21H22N2O6/c1-13-10-16(14(2)22(13)8-9-28-3)18(24)12-29-19(25)11-23-17-7-5-4-6-15(17)20(26)21(23)27/h4-7,10H,8-9,11-12H2,1-3H3. The van der Waals surface area contributed by atoms with Gasteiger partial charge in [-0.3, -0.25) is 24.1 Å². The van der Waals surface area contributed by atoms with Crippen molar-refractivity contribution in [3.05, 3.63) is 52.8 Å². The van der Waals surface area contributed by atoms with Crippen molar-refractivity contribution in [2.75, 3.05) is 31.8 Å². The van der Waals surface area contributed by atoms with E-state index in [0.29, 0.717) is 24.4 Å². The Hall–Kier alpha value is -3.26. The lowest BCUT2D eigenvalue weighted by molar-refractivity contribution is -0.141. The molecule has 1 aromatic carbocycles. The molecule has 152 valence electrons. The van der Waals surface area contributed by atoms with E-state index < -0.39 is 30.8 Å². The molecule has 1 aliphatic rings. The molecule has 0 aliphatic carbocycles. The fourth-order valence-corrected chi connectivity index (χ4v) is 3.41. The molecular weight excluding hydrogens is 376 g/mol. The van der Waals surface area contributed by atoms with Crippen molar-refractivity contribution < 1.29 is 28.7 Å². The highest BCUT2D eigenvalue weighted by molar-refractivity contribution is 6.52. The predicted molar refractivity (Wildman–Crippen MR) is 104 cm³/mol. The predicted octanol–water partition coefficient (Wildman–Crippen LogP) is 1.71. The van der Waals surface area contributed by atoms with Crippen molar-refractivity contribution in [3.8, 4) is 0 Å². The summed E-state index contributed by atoms with van der Waals surface area (Å²) in [6, 6.07) is 8.19. The van der Waals surface area contributed by atoms with Crippen molar-refractivity contribution in [3.63, 3.8) is 0 Å². The first kappa shape index (κ1) is 20.5. The maximum absolute atomic E-state index is 12.5. The summed E-state index contributed by atoms with van der Waals surface area (Å²) in [7, 11) is 1.61. The Morgan fingerprint density at radius 1 is 1.10 bits per heavy atom. The number of nitrogens with zero attached hydrogens (tertiary/aromatic N) is 2. The fourth-order valence-electron chi connectivity index (χ4n) is 3.41. The third kappa shape index (κ3) is 3.97. The highest BCUT2D eigenvalue weighted by Crippen LogP contribution is 2.28. The number of hydrogen-bond acceptors (Lipinski definition) is 6. The van der Waals surface area contributed by atoms with Crippen molar-refractivity contribution in [1.29, 1.82) is 0 Å². The summed E-state index contributed by atoms with van der Waals surface area (Å²) in [5.74, 6) is -2.53. The lowest BCUT2D eigenvalue weighted by atomic mass is 10.1. The Kier molecular flexibility index (Phi) is 5.93. The molecule has 0 N–H and O–H groups in total. The third-order valence-corrected chi connectivity index (χ3v) is 4.92. The normalized spacial score (nSPS) is 13.0. The van der Waals surface area contributed by atoms with Crippen LogP contribution in [0.5, 0.6) is 0 Å². The molecule has 2 heterocycles. The van der Waals surface area contributed by atoms with Gasteiger partial charge in [0.1, 0.15) is 6.54 Å². The summed E-state index contributed by atoms with van der Waals surface area (Å²) in [4.78, 5) is 49.9. The van der Waals surface area contributed by atoms with Gasteiger partial charge in [0.15, 0.2) is 6.61 Å². The molecule has 0 radical (unpaired) electrons. The molecule has 1 aliphatic heterocycles. The number of amides is 1. The average molecular weight is 398 g/mol. The molecule has 1 aromatic heterocycles. The number of aryl methyl sites for hydroxylation is 1. The summed E-state index contributed by atoms with van der Waals surface area (Å²) in [5, 5.41) is 0. The van der Waals surface area contributed by atoms with Crippen LogP contribution < -0.4 is 4.90 Å². The largest absolute Gasteiger partial charge is 0.456 e. The van der Waals surface area contributed by atoms with E-state index >= 15 is 0 Å². The summed E-state index contributed by atoms with van der Waals surface area (Å²) < 4.78 is 12.1. The molecule has 0 fully saturated rings. The number of ether oxygens (including phenoxy) is 2. The minimum absolute atomic E-state index is 0.255. The topological polar surface area (TPSA) is 94.9 Å². The molecule has 0 saturated heterocycles. The first-order valence-electron chi connectivity index (χ1n) is 9.14. The summed E-state index contributed by atoms with van der Waals surface area (Å²) in [6.07, 6.45) is 0. The van der Waals surface area contributed by atoms with E-state index in [-0.39, 0.29) is 11.3 Å². The van der Waals surface area contributed by atoms with Crippen molar-refractivity contribution in [2.24, 2.45) is 0 Å². The number of carbonyl (C=O) groups is 4. The molecule has 0 bridgehead atoms. The maximum Gasteiger partial charge on any atom is 0.326 e. The second-order valence-electron chi connectivity index (χ2n) is 6.75. The Morgan fingerprint density at radius 3 is 2.55 bits per heavy atom. The van der Waals surface area contributed by atoms with Gasteiger partial charge >= 0.3 is 5.97 Å². The first-order chi connectivity index (χ1) is 13.8. The van der Waals surface area contributed by atoms with Crippen LogP contribution in [0, 0.1) is 13.8 Å². The molecule has 8 nitrogen and oxygen atoms in total. The van der Waals surface area contributed by atoms with E-state index in [2.05, 4.69) is 0 Å². The number of benzene rings is 1. The van der Waals surface area contributed by atoms with Gasteiger partial charge in [0, 0.05) is 30.6 Å². The second kappa shape index (κ2) is 8.40. The molecular formula is C21H22N2O6. The summed E-state index contributed by atoms with van der Waals surface area (Å²) in [6.45, 7) is 3.98. The van der Waals surface area contributed by atoms with Crippen molar-refractivity contribution >= 4 is 29.1 Å². The Bertz CT molecular complexity index is 991. The van der Waals surface area contributed by atoms with E-state index in [0.717, 1.165) is 16.3 Å². The number of para-hydroxylation sites is 1. The molecule has 1 amide bonds. The lowest BCUT2D eigenvalue weighted by Gasteiger charge is -2.15. The molecule has 29 heavy (non-hydrogen) atoms. The molecule has 8 heteroatoms. The maximum atomic E-state index is 12.5. The zero-order chi connectivity index (χ0) is 21.1. The Morgan fingerprint density at radius 2 is 1.83 bits per heavy atom. The van der Waals surface area contributed by atoms with E-state index in [4.69, 9.17) is 9.47 Å². The summed E-state index contributed by atoms with van der Waals surface area (Å²) in [5.41, 5.74) is 2.78. The quantitative estimate of drug-likeness (QED) is 0.382. The number of esters is 1. The fraction of sp³-hybridized carbons (Fsp3) is 0.333. The minimum Gasteiger partial charge on any atom is -0.456 e. The lowest BCUT2D eigenvalue weighted by Crippen LogP contribution is -2.36. The van der Waals surface area contributed by atoms with Crippen molar-refractivity contribution in [1.82, 2.24) is 4.57 Å². The van der Waals surface area contributed by atoms with Crippen LogP contribution in [-0.4, -0.2) is 54.9 Å². The number of hydrogen-bond donors (Lipinski definition) is 0. The van der Waals surface area contributed by atoms with Gasteiger partial charge in [-0.05, 0) is 32.0 Å². The van der Waals surface area contributed by atoms with E-state index in [9.17, 15) is 19.2 Å². The smallest absolute Gasteiger partial charge is 0.326 e. The van der Waals surface area contributed by atoms with E-state index in [1.165, 1.54) is 6.07 Å². The monoisotopic (exact) mass is 398 g/mol. The Balaban J connectivity index is 1.62. The second-order valence-corrected chi connectivity index (χ2v) is 6.75. The number of aromatic nitrogens is 1. The first-order valence-corrected chi connectivity index (χ1v) is 9.14. The summed E-state index contributed by atoms with van der Waals surface area (Å²) >= 11 is 0. The number of Topliss-reactive ketones (excluding diaryl/α,β-unsaturated/α-hetero) is 2. The highest BCUT2D eigenvalue weighted by Gasteiger charge is 2.36. The van der Waals surface area contributed by atoms with Crippen LogP contribution >= 0.6 is 0 Å². The third-order valence-electron chi connectivity index (χ3n) is 4.92. The number of ketones is 2. The van der Waals surface area contributed by atoms with Crippen LogP contribution in [0.3, 0.4) is 0 Å². The van der Waals surface area contributed by atoms with Gasteiger partial charge in [0.05, 0.1) is 17.9 Å². The minimum atomic E-state index is -0.781. The number of carbonyl (C=O) groups excluding carboxylic acids is 4. The molecule has 0 unspecified atom stereocenters. The van der Waals surface area contributed by atoms with Gasteiger partial charge in [-0.2, -0.15) is 0 Å².